The highest BCUT2D eigenvalue weighted by atomic mass is 35.5. The Labute approximate surface area is 157 Å². The topological polar surface area (TPSA) is 59.1 Å². The summed E-state index contributed by atoms with van der Waals surface area (Å²) in [7, 11) is 0. The van der Waals surface area contributed by atoms with Crippen LogP contribution >= 0.6 is 11.6 Å². The zero-order valence-electron chi connectivity index (χ0n) is 14.6. The van der Waals surface area contributed by atoms with Gasteiger partial charge in [-0.2, -0.15) is 0 Å². The molecule has 1 aliphatic rings. The van der Waals surface area contributed by atoms with Gasteiger partial charge in [-0.3, -0.25) is 0 Å². The lowest BCUT2D eigenvalue weighted by Gasteiger charge is -2.12. The summed E-state index contributed by atoms with van der Waals surface area (Å²) in [6.07, 6.45) is 3.10. The van der Waals surface area contributed by atoms with Gasteiger partial charge in [0.2, 0.25) is 5.88 Å². The predicted octanol–water partition coefficient (Wildman–Crippen LogP) is 3.94. The number of nitrogens with zero attached hydrogens (tertiary/aromatic N) is 2. The van der Waals surface area contributed by atoms with Crippen molar-refractivity contribution >= 4 is 28.3 Å². The summed E-state index contributed by atoms with van der Waals surface area (Å²) in [5.74, 6) is 1.50. The molecular formula is C20H21ClN4O. The maximum Gasteiger partial charge on any atom is 0.213 e. The lowest BCUT2D eigenvalue weighted by molar-refractivity contribution is 0.214. The first-order chi connectivity index (χ1) is 12.7. The molecule has 0 saturated carbocycles. The maximum absolute atomic E-state index is 6.20. The van der Waals surface area contributed by atoms with Gasteiger partial charge in [0.25, 0.3) is 0 Å². The zero-order chi connectivity index (χ0) is 17.9. The first-order valence-electron chi connectivity index (χ1n) is 8.81. The molecule has 3 heterocycles. The van der Waals surface area contributed by atoms with Crippen molar-refractivity contribution < 1.29 is 4.74 Å². The minimum atomic E-state index is 0.225. The number of fused-ring (bicyclic) bond motifs is 1. The van der Waals surface area contributed by atoms with Gasteiger partial charge in [-0.05, 0) is 49.2 Å². The zero-order valence-corrected chi connectivity index (χ0v) is 15.4. The van der Waals surface area contributed by atoms with Crippen LogP contribution in [-0.4, -0.2) is 29.2 Å². The number of pyridine rings is 2. The summed E-state index contributed by atoms with van der Waals surface area (Å²) in [5, 5.41) is 8.45. The van der Waals surface area contributed by atoms with Gasteiger partial charge in [0.15, 0.2) is 0 Å². The molecule has 5 nitrogen and oxygen atoms in total. The summed E-state index contributed by atoms with van der Waals surface area (Å²) < 4.78 is 5.85. The molecular weight excluding hydrogens is 348 g/mol. The lowest BCUT2D eigenvalue weighted by atomic mass is 10.1. The Morgan fingerprint density at radius 3 is 2.88 bits per heavy atom. The fourth-order valence-corrected chi connectivity index (χ4v) is 3.23. The predicted molar refractivity (Wildman–Crippen MR) is 105 cm³/mol. The van der Waals surface area contributed by atoms with E-state index in [9.17, 15) is 0 Å². The van der Waals surface area contributed by atoms with Crippen molar-refractivity contribution in [2.45, 2.75) is 26.0 Å². The van der Waals surface area contributed by atoms with Gasteiger partial charge in [0.05, 0.1) is 5.52 Å². The molecule has 1 unspecified atom stereocenters. The van der Waals surface area contributed by atoms with Crippen molar-refractivity contribution in [2.24, 2.45) is 0 Å². The van der Waals surface area contributed by atoms with Crippen LogP contribution in [0, 0.1) is 6.92 Å². The van der Waals surface area contributed by atoms with E-state index in [2.05, 4.69) is 26.7 Å². The van der Waals surface area contributed by atoms with Crippen LogP contribution in [0.2, 0.25) is 5.02 Å². The highest BCUT2D eigenvalue weighted by Gasteiger charge is 2.16. The fraction of sp³-hybridized carbons (Fsp3) is 0.300. The Morgan fingerprint density at radius 2 is 2.12 bits per heavy atom. The molecule has 4 rings (SSSR count). The molecule has 2 aromatic heterocycles. The molecule has 2 N–H and O–H groups in total. The quantitative estimate of drug-likeness (QED) is 0.714. The van der Waals surface area contributed by atoms with Gasteiger partial charge in [0, 0.05) is 35.8 Å². The Hall–Kier alpha value is -2.37. The van der Waals surface area contributed by atoms with Crippen LogP contribution < -0.4 is 15.4 Å². The second-order valence-corrected chi connectivity index (χ2v) is 6.94. The van der Waals surface area contributed by atoms with Gasteiger partial charge >= 0.3 is 0 Å². The Morgan fingerprint density at radius 1 is 1.23 bits per heavy atom. The van der Waals surface area contributed by atoms with Crippen molar-refractivity contribution in [1.82, 2.24) is 15.3 Å². The number of benzene rings is 1. The Kier molecular flexibility index (Phi) is 4.91. The first-order valence-corrected chi connectivity index (χ1v) is 9.19. The number of rotatable bonds is 5. The third-order valence-corrected chi connectivity index (χ3v) is 5.03. The first kappa shape index (κ1) is 17.1. The molecule has 0 bridgehead atoms. The van der Waals surface area contributed by atoms with Crippen molar-refractivity contribution in [3.63, 3.8) is 0 Å². The van der Waals surface area contributed by atoms with Crippen LogP contribution in [0.1, 0.15) is 17.5 Å². The number of anilines is 1. The number of aryl methyl sites for hydroxylation is 1. The average Bonchev–Trinajstić information content (AvgIpc) is 3.17. The summed E-state index contributed by atoms with van der Waals surface area (Å²) in [4.78, 5) is 9.09. The Balaban J connectivity index is 1.42. The molecule has 1 aromatic carbocycles. The molecule has 134 valence electrons. The number of hydrogen-bond acceptors (Lipinski definition) is 5. The normalized spacial score (nSPS) is 16.8. The molecule has 0 spiro atoms. The highest BCUT2D eigenvalue weighted by Crippen LogP contribution is 2.25. The van der Waals surface area contributed by atoms with E-state index in [0.717, 1.165) is 52.4 Å². The third kappa shape index (κ3) is 3.74. The third-order valence-electron chi connectivity index (χ3n) is 4.62. The van der Waals surface area contributed by atoms with Gasteiger partial charge in [0.1, 0.15) is 11.9 Å². The van der Waals surface area contributed by atoms with Crippen LogP contribution in [0.5, 0.6) is 5.88 Å². The van der Waals surface area contributed by atoms with Crippen LogP contribution in [0.15, 0.2) is 42.6 Å². The number of hydrogen-bond donors (Lipinski definition) is 2. The Bertz CT molecular complexity index is 908. The minimum absolute atomic E-state index is 0.225. The molecule has 1 atom stereocenters. The van der Waals surface area contributed by atoms with Crippen molar-refractivity contribution in [2.75, 3.05) is 18.4 Å². The van der Waals surface area contributed by atoms with E-state index < -0.39 is 0 Å². The van der Waals surface area contributed by atoms with E-state index >= 15 is 0 Å². The summed E-state index contributed by atoms with van der Waals surface area (Å²) in [6.45, 7) is 4.54. The molecule has 0 aliphatic carbocycles. The molecule has 26 heavy (non-hydrogen) atoms. The van der Waals surface area contributed by atoms with E-state index in [-0.39, 0.29) is 6.10 Å². The van der Waals surface area contributed by atoms with Crippen molar-refractivity contribution in [1.29, 1.82) is 0 Å². The molecule has 6 heteroatoms. The highest BCUT2D eigenvalue weighted by molar-refractivity contribution is 6.32. The smallest absolute Gasteiger partial charge is 0.213 e. The SMILES string of the molecule is Cc1c(Cl)ccc2ccc(NCc3ccc(OC4CCNC4)nc3)nc12. The van der Waals surface area contributed by atoms with Gasteiger partial charge in [-0.15, -0.1) is 0 Å². The second kappa shape index (κ2) is 7.48. The molecule has 1 aliphatic heterocycles. The summed E-state index contributed by atoms with van der Waals surface area (Å²) >= 11 is 6.20. The number of aromatic nitrogens is 2. The largest absolute Gasteiger partial charge is 0.473 e. The van der Waals surface area contributed by atoms with Crippen LogP contribution in [0.3, 0.4) is 0 Å². The fourth-order valence-electron chi connectivity index (χ4n) is 3.08. The van der Waals surface area contributed by atoms with Gasteiger partial charge in [-0.1, -0.05) is 23.7 Å². The monoisotopic (exact) mass is 368 g/mol. The van der Waals surface area contributed by atoms with Crippen molar-refractivity contribution in [3.8, 4) is 5.88 Å². The van der Waals surface area contributed by atoms with Crippen LogP contribution in [0.4, 0.5) is 5.82 Å². The maximum atomic E-state index is 6.20. The van der Waals surface area contributed by atoms with E-state index in [0.29, 0.717) is 12.4 Å². The summed E-state index contributed by atoms with van der Waals surface area (Å²) in [6, 6.07) is 11.9. The average molecular weight is 369 g/mol. The second-order valence-electron chi connectivity index (χ2n) is 6.53. The van der Waals surface area contributed by atoms with E-state index in [4.69, 9.17) is 16.3 Å². The standard InChI is InChI=1S/C20H21ClN4O/c1-13-17(21)5-3-15-4-6-18(25-20(13)15)23-10-14-2-7-19(24-11-14)26-16-8-9-22-12-16/h2-7,11,16,22H,8-10,12H2,1H3,(H,23,25). The summed E-state index contributed by atoms with van der Waals surface area (Å²) in [5.41, 5.74) is 3.00. The number of ether oxygens (including phenoxy) is 1. The minimum Gasteiger partial charge on any atom is -0.473 e. The van der Waals surface area contributed by atoms with Gasteiger partial charge in [-0.25, -0.2) is 9.97 Å². The molecule has 0 radical (unpaired) electrons. The van der Waals surface area contributed by atoms with E-state index in [1.807, 2.05) is 43.5 Å². The molecule has 1 saturated heterocycles. The van der Waals surface area contributed by atoms with Crippen LogP contribution in [-0.2, 0) is 6.54 Å². The van der Waals surface area contributed by atoms with Gasteiger partial charge < -0.3 is 15.4 Å². The number of nitrogens with one attached hydrogen (secondary N) is 2. The molecule has 0 amide bonds. The van der Waals surface area contributed by atoms with Crippen LogP contribution in [0.25, 0.3) is 10.9 Å². The van der Waals surface area contributed by atoms with E-state index in [1.54, 1.807) is 0 Å². The molecule has 1 fully saturated rings. The molecule has 3 aromatic rings. The van der Waals surface area contributed by atoms with E-state index in [1.165, 1.54) is 0 Å². The lowest BCUT2D eigenvalue weighted by Crippen LogP contribution is -2.20. The van der Waals surface area contributed by atoms with Crippen molar-refractivity contribution in [3.05, 3.63) is 58.7 Å². The number of halogens is 1.